The van der Waals surface area contributed by atoms with Crippen LogP contribution in [0.4, 0.5) is 11.4 Å². The van der Waals surface area contributed by atoms with E-state index in [-0.39, 0.29) is 11.4 Å². The van der Waals surface area contributed by atoms with Crippen LogP contribution in [0.25, 0.3) is 6.08 Å². The van der Waals surface area contributed by atoms with E-state index < -0.39 is 10.8 Å². The lowest BCUT2D eigenvalue weighted by Crippen LogP contribution is -2.07. The van der Waals surface area contributed by atoms with Crippen molar-refractivity contribution >= 4 is 23.4 Å². The van der Waals surface area contributed by atoms with Gasteiger partial charge in [-0.3, -0.25) is 14.9 Å². The van der Waals surface area contributed by atoms with Crippen LogP contribution >= 0.6 is 0 Å². The van der Waals surface area contributed by atoms with Gasteiger partial charge in [-0.15, -0.1) is 0 Å². The van der Waals surface area contributed by atoms with Gasteiger partial charge < -0.3 is 10.4 Å². The number of nitro benzene ring substituents is 1. The number of aromatic hydroxyl groups is 1. The van der Waals surface area contributed by atoms with E-state index >= 15 is 0 Å². The summed E-state index contributed by atoms with van der Waals surface area (Å²) < 4.78 is 0. The van der Waals surface area contributed by atoms with Crippen molar-refractivity contribution in [3.8, 4) is 5.75 Å². The normalized spacial score (nSPS) is 10.5. The summed E-state index contributed by atoms with van der Waals surface area (Å²) in [6.07, 6.45) is 2.70. The number of rotatable bonds is 4. The molecule has 0 aliphatic heterocycles. The third-order valence-electron chi connectivity index (χ3n) is 2.67. The molecule has 0 bridgehead atoms. The first kappa shape index (κ1) is 14.3. The van der Waals surface area contributed by atoms with Gasteiger partial charge in [-0.2, -0.15) is 0 Å². The number of benzene rings is 2. The number of anilines is 1. The van der Waals surface area contributed by atoms with E-state index in [1.165, 1.54) is 30.4 Å². The maximum atomic E-state index is 11.7. The first-order valence-corrected chi connectivity index (χ1v) is 6.08. The molecule has 0 fully saturated rings. The molecule has 0 heterocycles. The van der Waals surface area contributed by atoms with Crippen LogP contribution in [0.2, 0.25) is 0 Å². The van der Waals surface area contributed by atoms with E-state index in [0.717, 1.165) is 0 Å². The lowest BCUT2D eigenvalue weighted by Gasteiger charge is -2.03. The molecule has 0 aliphatic rings. The maximum absolute atomic E-state index is 11.7. The van der Waals surface area contributed by atoms with E-state index in [2.05, 4.69) is 5.32 Å². The molecular weight excluding hydrogens is 272 g/mol. The molecule has 2 rings (SSSR count). The van der Waals surface area contributed by atoms with Crippen LogP contribution in [-0.2, 0) is 4.79 Å². The van der Waals surface area contributed by atoms with Crippen LogP contribution in [0.15, 0.2) is 54.6 Å². The number of phenolic OH excluding ortho intramolecular Hbond substituents is 1. The lowest BCUT2D eigenvalue weighted by molar-refractivity contribution is -0.384. The maximum Gasteiger partial charge on any atom is 0.270 e. The Balaban J connectivity index is 2.07. The van der Waals surface area contributed by atoms with Gasteiger partial charge in [-0.1, -0.05) is 24.3 Å². The van der Waals surface area contributed by atoms with Gasteiger partial charge >= 0.3 is 0 Å². The summed E-state index contributed by atoms with van der Waals surface area (Å²) in [5.74, 6) is -0.474. The second-order valence-electron chi connectivity index (χ2n) is 4.19. The molecule has 0 aliphatic carbocycles. The van der Waals surface area contributed by atoms with Crippen molar-refractivity contribution in [2.75, 3.05) is 5.32 Å². The Bertz CT molecular complexity index is 710. The van der Waals surface area contributed by atoms with Gasteiger partial charge in [0.1, 0.15) is 5.75 Å². The Kier molecular flexibility index (Phi) is 4.30. The van der Waals surface area contributed by atoms with Crippen LogP contribution < -0.4 is 5.32 Å². The van der Waals surface area contributed by atoms with Gasteiger partial charge in [0, 0.05) is 18.2 Å². The molecule has 6 nitrogen and oxygen atoms in total. The van der Waals surface area contributed by atoms with Crippen LogP contribution in [0.3, 0.4) is 0 Å². The minimum atomic E-state index is -0.501. The van der Waals surface area contributed by atoms with Crippen LogP contribution in [-0.4, -0.2) is 15.9 Å². The summed E-state index contributed by atoms with van der Waals surface area (Å²) in [6, 6.07) is 12.3. The zero-order valence-corrected chi connectivity index (χ0v) is 10.9. The number of hydrogen-bond donors (Lipinski definition) is 2. The summed E-state index contributed by atoms with van der Waals surface area (Å²) in [5.41, 5.74) is 0.793. The number of amides is 1. The zero-order chi connectivity index (χ0) is 15.2. The Hall–Kier alpha value is -3.15. The molecule has 21 heavy (non-hydrogen) atoms. The number of nitro groups is 1. The third-order valence-corrected chi connectivity index (χ3v) is 2.67. The number of nitrogens with zero attached hydrogens (tertiary/aromatic N) is 1. The lowest BCUT2D eigenvalue weighted by atomic mass is 10.2. The minimum Gasteiger partial charge on any atom is -0.506 e. The second-order valence-corrected chi connectivity index (χ2v) is 4.19. The van der Waals surface area contributed by atoms with Gasteiger partial charge in [-0.25, -0.2) is 0 Å². The fourth-order valence-electron chi connectivity index (χ4n) is 1.67. The van der Waals surface area contributed by atoms with Gasteiger partial charge in [0.2, 0.25) is 5.91 Å². The number of para-hydroxylation sites is 2. The summed E-state index contributed by atoms with van der Waals surface area (Å²) >= 11 is 0. The SMILES string of the molecule is O=C(C=Cc1cccc([N+](=O)[O-])c1)Nc1ccccc1O. The Morgan fingerprint density at radius 2 is 1.95 bits per heavy atom. The first-order chi connectivity index (χ1) is 10.1. The van der Waals surface area contributed by atoms with Gasteiger partial charge in [-0.05, 0) is 23.8 Å². The molecule has 0 saturated carbocycles. The van der Waals surface area contributed by atoms with Gasteiger partial charge in [0.25, 0.3) is 5.69 Å². The predicted octanol–water partition coefficient (Wildman–Crippen LogP) is 2.95. The average molecular weight is 284 g/mol. The number of carbonyl (C=O) groups excluding carboxylic acids is 1. The smallest absolute Gasteiger partial charge is 0.270 e. The highest BCUT2D eigenvalue weighted by Gasteiger charge is 2.05. The average Bonchev–Trinajstić information content (AvgIpc) is 2.48. The molecule has 0 spiro atoms. The highest BCUT2D eigenvalue weighted by atomic mass is 16.6. The van der Waals surface area contributed by atoms with Crippen LogP contribution in [0.5, 0.6) is 5.75 Å². The minimum absolute atomic E-state index is 0.0328. The monoisotopic (exact) mass is 284 g/mol. The molecule has 6 heteroatoms. The molecule has 106 valence electrons. The molecule has 0 atom stereocenters. The molecule has 2 N–H and O–H groups in total. The molecule has 2 aromatic carbocycles. The van der Waals surface area contributed by atoms with Crippen molar-refractivity contribution in [1.82, 2.24) is 0 Å². The van der Waals surface area contributed by atoms with Crippen molar-refractivity contribution in [2.45, 2.75) is 0 Å². The molecule has 0 saturated heterocycles. The van der Waals surface area contributed by atoms with E-state index in [0.29, 0.717) is 11.3 Å². The van der Waals surface area contributed by atoms with Crippen molar-refractivity contribution in [1.29, 1.82) is 0 Å². The predicted molar refractivity (Wildman–Crippen MR) is 78.9 cm³/mol. The number of phenols is 1. The highest BCUT2D eigenvalue weighted by molar-refractivity contribution is 6.02. The largest absolute Gasteiger partial charge is 0.506 e. The Labute approximate surface area is 120 Å². The van der Waals surface area contributed by atoms with Crippen LogP contribution in [0, 0.1) is 10.1 Å². The van der Waals surface area contributed by atoms with Gasteiger partial charge in [0.05, 0.1) is 10.6 Å². The van der Waals surface area contributed by atoms with E-state index in [1.807, 2.05) is 0 Å². The number of hydrogen-bond acceptors (Lipinski definition) is 4. The molecule has 0 aromatic heterocycles. The molecule has 0 unspecified atom stereocenters. The van der Waals surface area contributed by atoms with Crippen molar-refractivity contribution in [3.63, 3.8) is 0 Å². The standard InChI is InChI=1S/C15H12N2O4/c18-14-7-2-1-6-13(14)16-15(19)9-8-11-4-3-5-12(10-11)17(20)21/h1-10,18H,(H,16,19). The zero-order valence-electron chi connectivity index (χ0n) is 10.9. The summed E-state index contributed by atoms with van der Waals surface area (Å²) in [4.78, 5) is 21.9. The van der Waals surface area contributed by atoms with Crippen molar-refractivity contribution in [2.24, 2.45) is 0 Å². The molecule has 0 radical (unpaired) electrons. The summed E-state index contributed by atoms with van der Waals surface area (Å²) in [7, 11) is 0. The van der Waals surface area contributed by atoms with Gasteiger partial charge in [0.15, 0.2) is 0 Å². The highest BCUT2D eigenvalue weighted by Crippen LogP contribution is 2.21. The Morgan fingerprint density at radius 1 is 1.19 bits per heavy atom. The topological polar surface area (TPSA) is 92.5 Å². The van der Waals surface area contributed by atoms with Crippen molar-refractivity contribution < 1.29 is 14.8 Å². The molecular formula is C15H12N2O4. The van der Waals surface area contributed by atoms with E-state index in [9.17, 15) is 20.0 Å². The first-order valence-electron chi connectivity index (χ1n) is 6.08. The summed E-state index contributed by atoms with van der Waals surface area (Å²) in [5, 5.41) is 22.7. The van der Waals surface area contributed by atoms with E-state index in [4.69, 9.17) is 0 Å². The molecule has 1 amide bonds. The Morgan fingerprint density at radius 3 is 2.67 bits per heavy atom. The number of carbonyl (C=O) groups is 1. The van der Waals surface area contributed by atoms with E-state index in [1.54, 1.807) is 30.3 Å². The number of nitrogens with one attached hydrogen (secondary N) is 1. The van der Waals surface area contributed by atoms with Crippen molar-refractivity contribution in [3.05, 3.63) is 70.3 Å². The number of non-ortho nitro benzene ring substituents is 1. The van der Waals surface area contributed by atoms with Crippen LogP contribution in [0.1, 0.15) is 5.56 Å². The molecule has 2 aromatic rings. The fourth-order valence-corrected chi connectivity index (χ4v) is 1.67. The summed E-state index contributed by atoms with van der Waals surface area (Å²) in [6.45, 7) is 0. The third kappa shape index (κ3) is 3.90. The fraction of sp³-hybridized carbons (Fsp3) is 0. The quantitative estimate of drug-likeness (QED) is 0.390. The second kappa shape index (κ2) is 6.33.